The summed E-state index contributed by atoms with van der Waals surface area (Å²) in [5.41, 5.74) is 1.03. The van der Waals surface area contributed by atoms with Gasteiger partial charge in [0.05, 0.1) is 26.0 Å². The van der Waals surface area contributed by atoms with Crippen LogP contribution in [0.5, 0.6) is 17.2 Å². The average Bonchev–Trinajstić information content (AvgIpc) is 3.54. The maximum absolute atomic E-state index is 13.6. The number of phenols is 1. The average molecular weight is 640 g/mol. The Balaban J connectivity index is 1.45. The number of aromatic hydroxyl groups is 1. The lowest BCUT2D eigenvalue weighted by Crippen LogP contribution is -2.13. The molecule has 2 heterocycles. The largest absolute Gasteiger partial charge is 0.505 e. The van der Waals surface area contributed by atoms with Crippen molar-refractivity contribution in [1.82, 2.24) is 19.7 Å². The Bertz CT molecular complexity index is 2240. The minimum Gasteiger partial charge on any atom is -0.505 e. The first-order valence-electron chi connectivity index (χ1n) is 14.3. The maximum atomic E-state index is 13.6. The lowest BCUT2D eigenvalue weighted by atomic mass is 10.00. The number of aromatic nitrogens is 4. The fourth-order valence-electron chi connectivity index (χ4n) is 4.76. The van der Waals surface area contributed by atoms with Gasteiger partial charge >= 0.3 is 0 Å². The van der Waals surface area contributed by atoms with Crippen molar-refractivity contribution in [1.29, 1.82) is 5.26 Å². The van der Waals surface area contributed by atoms with Crippen LogP contribution in [0.4, 0.5) is 22.9 Å². The Morgan fingerprint density at radius 1 is 0.854 bits per heavy atom. The normalized spacial score (nSPS) is 10.9. The van der Waals surface area contributed by atoms with Crippen LogP contribution < -0.4 is 20.1 Å². The van der Waals surface area contributed by atoms with E-state index in [1.165, 1.54) is 43.6 Å². The third-order valence-corrected chi connectivity index (χ3v) is 7.10. The minimum absolute atomic E-state index is 0.00299. The molecule has 0 radical (unpaired) electrons. The van der Waals surface area contributed by atoms with Crippen LogP contribution in [0.25, 0.3) is 16.7 Å². The first-order valence-corrected chi connectivity index (χ1v) is 14.3. The van der Waals surface area contributed by atoms with Gasteiger partial charge in [-0.1, -0.05) is 18.2 Å². The summed E-state index contributed by atoms with van der Waals surface area (Å²) < 4.78 is 11.7. The van der Waals surface area contributed by atoms with Crippen LogP contribution >= 0.6 is 0 Å². The fourth-order valence-corrected chi connectivity index (χ4v) is 4.76. The third-order valence-electron chi connectivity index (χ3n) is 7.10. The highest BCUT2D eigenvalue weighted by atomic mass is 16.5. The number of rotatable bonds is 9. The number of nitrogens with one attached hydrogen (secondary N) is 2. The number of carbonyl (C=O) groups is 2. The number of hydrogen-bond donors (Lipinski definition) is 3. The van der Waals surface area contributed by atoms with Crippen molar-refractivity contribution in [3.05, 3.63) is 114 Å². The highest BCUT2D eigenvalue weighted by Gasteiger charge is 2.21. The SMILES string of the molecule is COc1cccc(NC(=O)c2ccc3c(/N=N/c4c(C#N)cnn4-c4ncccn4)c(O)c(C(=O)Nc4cccc(OC)c4)cc3c2)c1. The molecule has 3 N–H and O–H groups in total. The number of ether oxygens (including phenoxy) is 2. The molecule has 0 fully saturated rings. The first kappa shape index (κ1) is 30.9. The van der Waals surface area contributed by atoms with E-state index in [4.69, 9.17) is 9.47 Å². The van der Waals surface area contributed by atoms with E-state index in [2.05, 4.69) is 35.9 Å². The molecule has 0 bridgehead atoms. The highest BCUT2D eigenvalue weighted by molar-refractivity contribution is 6.13. The second-order valence-electron chi connectivity index (χ2n) is 10.1. The van der Waals surface area contributed by atoms with Crippen LogP contribution in [0.15, 0.2) is 108 Å². The molecule has 2 amide bonds. The molecule has 0 spiro atoms. The molecule has 6 rings (SSSR count). The Morgan fingerprint density at radius 3 is 2.17 bits per heavy atom. The molecule has 0 unspecified atom stereocenters. The molecule has 236 valence electrons. The number of azo groups is 1. The van der Waals surface area contributed by atoms with Crippen molar-refractivity contribution in [3.63, 3.8) is 0 Å². The molecule has 2 aromatic heterocycles. The molecule has 0 atom stereocenters. The van der Waals surface area contributed by atoms with Crippen LogP contribution in [0.1, 0.15) is 26.3 Å². The number of amides is 2. The van der Waals surface area contributed by atoms with Gasteiger partial charge in [-0.05, 0) is 53.9 Å². The van der Waals surface area contributed by atoms with Gasteiger partial charge in [-0.15, -0.1) is 10.2 Å². The second-order valence-corrected chi connectivity index (χ2v) is 10.1. The van der Waals surface area contributed by atoms with Crippen LogP contribution in [-0.4, -0.2) is 50.9 Å². The van der Waals surface area contributed by atoms with Crippen molar-refractivity contribution in [2.24, 2.45) is 10.2 Å². The maximum Gasteiger partial charge on any atom is 0.259 e. The molecule has 4 aromatic carbocycles. The van der Waals surface area contributed by atoms with Gasteiger partial charge in [-0.25, -0.2) is 9.97 Å². The quantitative estimate of drug-likeness (QED) is 0.152. The monoisotopic (exact) mass is 639 g/mol. The van der Waals surface area contributed by atoms with E-state index in [-0.39, 0.29) is 34.1 Å². The molecule has 6 aromatic rings. The lowest BCUT2D eigenvalue weighted by Gasteiger charge is -2.13. The van der Waals surface area contributed by atoms with E-state index >= 15 is 0 Å². The van der Waals surface area contributed by atoms with Crippen molar-refractivity contribution in [2.45, 2.75) is 0 Å². The summed E-state index contributed by atoms with van der Waals surface area (Å²) in [6.07, 6.45) is 4.29. The van der Waals surface area contributed by atoms with Crippen LogP contribution in [-0.2, 0) is 0 Å². The number of methoxy groups -OCH3 is 2. The highest BCUT2D eigenvalue weighted by Crippen LogP contribution is 2.40. The number of carbonyl (C=O) groups excluding carboxylic acids is 2. The Labute approximate surface area is 272 Å². The van der Waals surface area contributed by atoms with E-state index in [1.807, 2.05) is 6.07 Å². The summed E-state index contributed by atoms with van der Waals surface area (Å²) in [6, 6.07) is 23.4. The zero-order valence-corrected chi connectivity index (χ0v) is 25.4. The van der Waals surface area contributed by atoms with Crippen LogP contribution in [0, 0.1) is 11.3 Å². The fraction of sp³-hybridized carbons (Fsp3) is 0.0588. The van der Waals surface area contributed by atoms with Crippen molar-refractivity contribution in [3.8, 4) is 29.3 Å². The number of hydrogen-bond acceptors (Lipinski definition) is 11. The number of benzene rings is 4. The van der Waals surface area contributed by atoms with Crippen molar-refractivity contribution < 1.29 is 24.2 Å². The van der Waals surface area contributed by atoms with E-state index in [0.717, 1.165) is 0 Å². The molecule has 14 heteroatoms. The molecule has 0 saturated carbocycles. The lowest BCUT2D eigenvalue weighted by molar-refractivity contribution is 0.101. The van der Waals surface area contributed by atoms with E-state index in [1.54, 1.807) is 72.8 Å². The van der Waals surface area contributed by atoms with E-state index in [0.29, 0.717) is 33.6 Å². The third kappa shape index (κ3) is 6.32. The smallest absolute Gasteiger partial charge is 0.259 e. The van der Waals surface area contributed by atoms with Gasteiger partial charge in [0.15, 0.2) is 11.6 Å². The van der Waals surface area contributed by atoms with Gasteiger partial charge < -0.3 is 25.2 Å². The van der Waals surface area contributed by atoms with Gasteiger partial charge in [-0.2, -0.15) is 15.0 Å². The van der Waals surface area contributed by atoms with Gasteiger partial charge in [-0.3, -0.25) is 9.59 Å². The van der Waals surface area contributed by atoms with Crippen LogP contribution in [0.2, 0.25) is 0 Å². The molecule has 14 nitrogen and oxygen atoms in total. The number of nitrogens with zero attached hydrogens (tertiary/aromatic N) is 7. The Kier molecular flexibility index (Phi) is 8.66. The summed E-state index contributed by atoms with van der Waals surface area (Å²) in [5, 5.41) is 40.2. The van der Waals surface area contributed by atoms with E-state index < -0.39 is 17.6 Å². The molecule has 0 aliphatic rings. The predicted octanol–water partition coefficient (Wildman–Crippen LogP) is 6.33. The molecule has 0 aliphatic heterocycles. The van der Waals surface area contributed by atoms with Gasteiger partial charge in [0.25, 0.3) is 17.8 Å². The summed E-state index contributed by atoms with van der Waals surface area (Å²) in [6.45, 7) is 0. The minimum atomic E-state index is -0.661. The Morgan fingerprint density at radius 2 is 1.52 bits per heavy atom. The zero-order valence-electron chi connectivity index (χ0n) is 25.4. The van der Waals surface area contributed by atoms with Crippen molar-refractivity contribution in [2.75, 3.05) is 24.9 Å². The van der Waals surface area contributed by atoms with Gasteiger partial charge in [0.1, 0.15) is 28.8 Å². The van der Waals surface area contributed by atoms with Crippen LogP contribution in [0.3, 0.4) is 0 Å². The molecular formula is C34H25N9O5. The number of fused-ring (bicyclic) bond motifs is 1. The van der Waals surface area contributed by atoms with Gasteiger partial charge in [0, 0.05) is 46.9 Å². The summed E-state index contributed by atoms with van der Waals surface area (Å²) >= 11 is 0. The topological polar surface area (TPSA) is 189 Å². The van der Waals surface area contributed by atoms with E-state index in [9.17, 15) is 20.0 Å². The predicted molar refractivity (Wildman–Crippen MR) is 176 cm³/mol. The second kappa shape index (κ2) is 13.5. The van der Waals surface area contributed by atoms with Gasteiger partial charge in [0.2, 0.25) is 0 Å². The van der Waals surface area contributed by atoms with Crippen molar-refractivity contribution >= 4 is 45.5 Å². The standard InChI is InChI=1S/C34H25N9O5/c1-47-25-8-3-6-23(16-25)39-32(45)20-10-11-27-21(14-20)15-28(33(46)40-24-7-4-9-26(17-24)48-2)30(44)29(27)41-42-31-22(18-35)19-38-43(31)34-36-12-5-13-37-34/h3-17,19,44H,1-2H3,(H,39,45)(H,40,46)/b42-41+. The molecule has 0 aliphatic carbocycles. The number of nitriles is 1. The molecule has 48 heavy (non-hydrogen) atoms. The summed E-state index contributed by atoms with van der Waals surface area (Å²) in [4.78, 5) is 35.2. The number of phenolic OH excluding ortho intramolecular Hbond substituents is 1. The summed E-state index contributed by atoms with van der Waals surface area (Å²) in [7, 11) is 3.03. The first-order chi connectivity index (χ1) is 23.4. The number of anilines is 2. The molecular weight excluding hydrogens is 614 g/mol. The zero-order chi connectivity index (χ0) is 33.6. The molecule has 0 saturated heterocycles. The Hall–Kier alpha value is -7.14. The summed E-state index contributed by atoms with van der Waals surface area (Å²) in [5.74, 6) is -0.343.